The quantitative estimate of drug-likeness (QED) is 0.270. The Labute approximate surface area is 243 Å². The first-order valence-corrected chi connectivity index (χ1v) is 14.8. The van der Waals surface area contributed by atoms with Crippen LogP contribution in [0, 0.1) is 17.6 Å². The van der Waals surface area contributed by atoms with E-state index in [0.717, 1.165) is 75.0 Å². The van der Waals surface area contributed by atoms with Crippen LogP contribution in [0.5, 0.6) is 5.75 Å². The van der Waals surface area contributed by atoms with Crippen molar-refractivity contribution in [2.45, 2.75) is 57.9 Å². The van der Waals surface area contributed by atoms with E-state index < -0.39 is 11.6 Å². The van der Waals surface area contributed by atoms with E-state index in [1.807, 2.05) is 12.1 Å². The monoisotopic (exact) mass is 580 g/mol. The molecule has 0 bridgehead atoms. The van der Waals surface area contributed by atoms with Crippen LogP contribution in [-0.2, 0) is 6.61 Å². The van der Waals surface area contributed by atoms with Crippen LogP contribution >= 0.6 is 0 Å². The number of aliphatic hydroxyl groups is 1. The number of piperidine rings is 2. The number of H-pyrrole nitrogens is 1. The Kier molecular flexibility index (Phi) is 8.20. The topological polar surface area (TPSA) is 94.0 Å². The van der Waals surface area contributed by atoms with Crippen LogP contribution in [0.4, 0.5) is 8.78 Å². The lowest BCUT2D eigenvalue weighted by Gasteiger charge is -2.41. The van der Waals surface area contributed by atoms with Gasteiger partial charge in [0.05, 0.1) is 17.8 Å². The summed E-state index contributed by atoms with van der Waals surface area (Å²) in [5, 5.41) is 14.2. The van der Waals surface area contributed by atoms with E-state index in [-0.39, 0.29) is 35.6 Å². The summed E-state index contributed by atoms with van der Waals surface area (Å²) in [5.41, 5.74) is 1.81. The number of rotatable bonds is 8. The van der Waals surface area contributed by atoms with Gasteiger partial charge in [0.1, 0.15) is 35.3 Å². The Morgan fingerprint density at radius 2 is 2.00 bits per heavy atom. The molecule has 1 amide bonds. The fourth-order valence-electron chi connectivity index (χ4n) is 6.36. The molecule has 8 nitrogen and oxygen atoms in total. The Morgan fingerprint density at radius 1 is 1.19 bits per heavy atom. The fraction of sp³-hybridized carbons (Fsp3) is 0.469. The SMILES string of the molecule is C[C@H]1CN([C@@H](C)CN2CCC(NC(=O)c3cc4c(OCc5coc6cc(F)cc(F)c56)cccc4[nH]3)CC2)CCC1O. The number of benzene rings is 2. The number of likely N-dealkylation sites (tertiary alicyclic amines) is 2. The number of carbonyl (C=O) groups excluding carboxylic acids is 1. The van der Waals surface area contributed by atoms with E-state index in [2.05, 4.69) is 33.9 Å². The first-order chi connectivity index (χ1) is 20.2. The van der Waals surface area contributed by atoms with Crippen molar-refractivity contribution >= 4 is 27.8 Å². The molecule has 0 aliphatic carbocycles. The number of halogens is 2. The lowest BCUT2D eigenvalue weighted by atomic mass is 9.95. The average Bonchev–Trinajstić information content (AvgIpc) is 3.59. The molecule has 6 rings (SSSR count). The molecule has 0 spiro atoms. The molecule has 42 heavy (non-hydrogen) atoms. The molecular weight excluding hydrogens is 542 g/mol. The summed E-state index contributed by atoms with van der Waals surface area (Å²) < 4.78 is 39.2. The summed E-state index contributed by atoms with van der Waals surface area (Å²) in [6.07, 6.45) is 3.80. The molecule has 2 saturated heterocycles. The second-order valence-electron chi connectivity index (χ2n) is 11.9. The minimum Gasteiger partial charge on any atom is -0.488 e. The van der Waals surface area contributed by atoms with Gasteiger partial charge in [0.15, 0.2) is 0 Å². The van der Waals surface area contributed by atoms with Crippen molar-refractivity contribution in [1.29, 1.82) is 0 Å². The first kappa shape index (κ1) is 28.6. The lowest BCUT2D eigenvalue weighted by molar-refractivity contribution is 0.0115. The normalized spacial score (nSPS) is 21.6. The van der Waals surface area contributed by atoms with Gasteiger partial charge in [-0.2, -0.15) is 0 Å². The van der Waals surface area contributed by atoms with Gasteiger partial charge in [0.25, 0.3) is 5.91 Å². The zero-order chi connectivity index (χ0) is 29.4. The van der Waals surface area contributed by atoms with E-state index in [9.17, 15) is 18.7 Å². The molecule has 1 unspecified atom stereocenters. The summed E-state index contributed by atoms with van der Waals surface area (Å²) >= 11 is 0. The van der Waals surface area contributed by atoms with Crippen molar-refractivity contribution in [2.75, 3.05) is 32.7 Å². The maximum Gasteiger partial charge on any atom is 0.267 e. The number of aliphatic hydroxyl groups excluding tert-OH is 1. The summed E-state index contributed by atoms with van der Waals surface area (Å²) in [6, 6.07) is 9.77. The van der Waals surface area contributed by atoms with Crippen molar-refractivity contribution in [2.24, 2.45) is 5.92 Å². The molecule has 2 aliphatic rings. The molecule has 2 fully saturated rings. The Hall–Kier alpha value is -3.47. The molecular formula is C32H38F2N4O4. The van der Waals surface area contributed by atoms with Gasteiger partial charge in [-0.15, -0.1) is 0 Å². The van der Waals surface area contributed by atoms with E-state index in [1.165, 1.54) is 6.26 Å². The van der Waals surface area contributed by atoms with Crippen molar-refractivity contribution < 1.29 is 27.8 Å². The summed E-state index contributed by atoms with van der Waals surface area (Å²) in [4.78, 5) is 21.3. The lowest BCUT2D eigenvalue weighted by Crippen LogP contribution is -2.52. The highest BCUT2D eigenvalue weighted by Crippen LogP contribution is 2.30. The predicted molar refractivity (Wildman–Crippen MR) is 157 cm³/mol. The maximum atomic E-state index is 14.4. The van der Waals surface area contributed by atoms with Gasteiger partial charge in [0, 0.05) is 73.4 Å². The van der Waals surface area contributed by atoms with Crippen molar-refractivity contribution in [1.82, 2.24) is 20.1 Å². The second-order valence-corrected chi connectivity index (χ2v) is 11.9. The van der Waals surface area contributed by atoms with Crippen LogP contribution in [-0.4, -0.2) is 76.7 Å². The van der Waals surface area contributed by atoms with E-state index in [1.54, 1.807) is 12.1 Å². The Bertz CT molecular complexity index is 1560. The minimum atomic E-state index is -0.700. The molecule has 2 aromatic carbocycles. The first-order valence-electron chi connectivity index (χ1n) is 14.8. The smallest absolute Gasteiger partial charge is 0.267 e. The van der Waals surface area contributed by atoms with Gasteiger partial charge in [-0.25, -0.2) is 8.78 Å². The summed E-state index contributed by atoms with van der Waals surface area (Å²) in [5.74, 6) is -0.708. The molecule has 0 radical (unpaired) electrons. The number of hydrogen-bond acceptors (Lipinski definition) is 6. The number of nitrogens with one attached hydrogen (secondary N) is 2. The molecule has 3 N–H and O–H groups in total. The summed E-state index contributed by atoms with van der Waals surface area (Å²) in [7, 11) is 0. The van der Waals surface area contributed by atoms with Crippen LogP contribution in [0.2, 0.25) is 0 Å². The maximum absolute atomic E-state index is 14.4. The Balaban J connectivity index is 1.04. The van der Waals surface area contributed by atoms with Crippen molar-refractivity contribution in [3.8, 4) is 5.75 Å². The molecule has 224 valence electrons. The highest BCUT2D eigenvalue weighted by atomic mass is 19.1. The molecule has 2 aliphatic heterocycles. The number of hydrogen-bond donors (Lipinski definition) is 3. The minimum absolute atomic E-state index is 0.0251. The van der Waals surface area contributed by atoms with Crippen LogP contribution in [0.1, 0.15) is 49.2 Å². The number of nitrogens with zero attached hydrogens (tertiary/aromatic N) is 2. The molecule has 2 aromatic heterocycles. The number of aromatic nitrogens is 1. The zero-order valence-electron chi connectivity index (χ0n) is 24.0. The van der Waals surface area contributed by atoms with Crippen molar-refractivity contribution in [3.05, 3.63) is 65.6 Å². The molecule has 4 aromatic rings. The van der Waals surface area contributed by atoms with Gasteiger partial charge >= 0.3 is 0 Å². The standard InChI is InChI=1S/C32H38F2N4O4/c1-19-15-38(11-8-28(19)39)20(2)16-37-9-6-23(7-10-37)35-32(40)27-14-24-26(36-27)4-3-5-29(24)41-17-21-18-42-30-13-22(33)12-25(34)31(21)30/h3-5,12-14,18-20,23,28,36,39H,6-11,15-17H2,1-2H3,(H,35,40)/t19-,20-,28?/m0/s1. The third-order valence-electron chi connectivity index (χ3n) is 8.88. The van der Waals surface area contributed by atoms with Crippen LogP contribution < -0.4 is 10.1 Å². The van der Waals surface area contributed by atoms with E-state index in [0.29, 0.717) is 29.0 Å². The van der Waals surface area contributed by atoms with Gasteiger partial charge in [-0.3, -0.25) is 9.69 Å². The third kappa shape index (κ3) is 6.02. The van der Waals surface area contributed by atoms with Gasteiger partial charge < -0.3 is 29.5 Å². The molecule has 10 heteroatoms. The van der Waals surface area contributed by atoms with Crippen LogP contribution in [0.3, 0.4) is 0 Å². The van der Waals surface area contributed by atoms with E-state index in [4.69, 9.17) is 9.15 Å². The highest BCUT2D eigenvalue weighted by molar-refractivity contribution is 5.99. The predicted octanol–water partition coefficient (Wildman–Crippen LogP) is 5.06. The summed E-state index contributed by atoms with van der Waals surface area (Å²) in [6.45, 7) is 9.15. The average molecular weight is 581 g/mol. The number of furan rings is 1. The van der Waals surface area contributed by atoms with Gasteiger partial charge in [-0.05, 0) is 50.3 Å². The number of ether oxygens (including phenoxy) is 1. The van der Waals surface area contributed by atoms with Crippen molar-refractivity contribution in [3.63, 3.8) is 0 Å². The fourth-order valence-corrected chi connectivity index (χ4v) is 6.36. The van der Waals surface area contributed by atoms with Crippen LogP contribution in [0.15, 0.2) is 47.1 Å². The second kappa shape index (κ2) is 12.0. The molecule has 4 heterocycles. The molecule has 0 saturated carbocycles. The molecule has 3 atom stereocenters. The highest BCUT2D eigenvalue weighted by Gasteiger charge is 2.29. The van der Waals surface area contributed by atoms with Gasteiger partial charge in [0.2, 0.25) is 0 Å². The number of amides is 1. The van der Waals surface area contributed by atoms with Gasteiger partial charge in [-0.1, -0.05) is 13.0 Å². The zero-order valence-corrected chi connectivity index (χ0v) is 24.0. The van der Waals surface area contributed by atoms with Crippen LogP contribution in [0.25, 0.3) is 21.9 Å². The number of carbonyl (C=O) groups is 1. The van der Waals surface area contributed by atoms with E-state index >= 15 is 0 Å². The Morgan fingerprint density at radius 3 is 2.79 bits per heavy atom. The number of aromatic amines is 1. The largest absolute Gasteiger partial charge is 0.488 e. The third-order valence-corrected chi connectivity index (χ3v) is 8.88. The number of fused-ring (bicyclic) bond motifs is 2.